The van der Waals surface area contributed by atoms with Gasteiger partial charge in [0.25, 0.3) is 5.91 Å². The molecule has 5 rings (SSSR count). The molecule has 0 bridgehead atoms. The van der Waals surface area contributed by atoms with Crippen LogP contribution in [0.1, 0.15) is 46.3 Å². The zero-order chi connectivity index (χ0) is 23.1. The third-order valence-corrected chi connectivity index (χ3v) is 6.27. The molecule has 2 aromatic heterocycles. The SMILES string of the molecule is Cc1cc(F)cc(C(=O)N2CCCC2c2nc(-c3cccc(Cl)c3C)no2)c1-n1nccn1. The van der Waals surface area contributed by atoms with E-state index >= 15 is 0 Å². The van der Waals surface area contributed by atoms with Crippen molar-refractivity contribution in [2.75, 3.05) is 6.54 Å². The zero-order valence-corrected chi connectivity index (χ0v) is 18.8. The highest BCUT2D eigenvalue weighted by Gasteiger charge is 2.36. The van der Waals surface area contributed by atoms with Crippen molar-refractivity contribution in [3.05, 3.63) is 76.1 Å². The van der Waals surface area contributed by atoms with Gasteiger partial charge in [-0.05, 0) is 56.0 Å². The molecule has 1 unspecified atom stereocenters. The van der Waals surface area contributed by atoms with Crippen molar-refractivity contribution in [2.24, 2.45) is 0 Å². The van der Waals surface area contributed by atoms with E-state index in [9.17, 15) is 9.18 Å². The average Bonchev–Trinajstić information content (AvgIpc) is 3.55. The Hall–Kier alpha value is -3.59. The Labute approximate surface area is 194 Å². The van der Waals surface area contributed by atoms with E-state index in [0.717, 1.165) is 17.5 Å². The van der Waals surface area contributed by atoms with E-state index in [4.69, 9.17) is 16.1 Å². The Morgan fingerprint density at radius 3 is 2.79 bits per heavy atom. The monoisotopic (exact) mass is 466 g/mol. The highest BCUT2D eigenvalue weighted by Crippen LogP contribution is 2.35. The summed E-state index contributed by atoms with van der Waals surface area (Å²) in [7, 11) is 0. The van der Waals surface area contributed by atoms with Crippen LogP contribution in [-0.2, 0) is 0 Å². The lowest BCUT2D eigenvalue weighted by molar-refractivity contribution is 0.0709. The molecule has 1 aliphatic heterocycles. The van der Waals surface area contributed by atoms with Crippen LogP contribution >= 0.6 is 11.6 Å². The number of amides is 1. The van der Waals surface area contributed by atoms with Gasteiger partial charge in [-0.3, -0.25) is 4.79 Å². The summed E-state index contributed by atoms with van der Waals surface area (Å²) in [4.78, 5) is 21.1. The first-order chi connectivity index (χ1) is 15.9. The van der Waals surface area contributed by atoms with Crippen LogP contribution in [0.5, 0.6) is 0 Å². The third kappa shape index (κ3) is 3.78. The molecule has 0 saturated carbocycles. The summed E-state index contributed by atoms with van der Waals surface area (Å²) < 4.78 is 19.9. The molecule has 1 amide bonds. The van der Waals surface area contributed by atoms with E-state index in [-0.39, 0.29) is 11.5 Å². The maximum atomic E-state index is 14.3. The Balaban J connectivity index is 1.50. The number of nitrogens with zero attached hydrogens (tertiary/aromatic N) is 6. The lowest BCUT2D eigenvalue weighted by Gasteiger charge is -2.23. The number of hydrogen-bond donors (Lipinski definition) is 0. The summed E-state index contributed by atoms with van der Waals surface area (Å²) in [5.74, 6) is -0.0976. The summed E-state index contributed by atoms with van der Waals surface area (Å²) in [6.07, 6.45) is 4.43. The summed E-state index contributed by atoms with van der Waals surface area (Å²) in [6, 6.07) is 7.65. The highest BCUT2D eigenvalue weighted by molar-refractivity contribution is 6.31. The number of aromatic nitrogens is 5. The summed E-state index contributed by atoms with van der Waals surface area (Å²) in [5, 5.41) is 13.0. The number of benzene rings is 2. The number of carbonyl (C=O) groups is 1. The quantitative estimate of drug-likeness (QED) is 0.433. The van der Waals surface area contributed by atoms with E-state index < -0.39 is 11.9 Å². The van der Waals surface area contributed by atoms with Crippen LogP contribution in [0.25, 0.3) is 17.1 Å². The fourth-order valence-corrected chi connectivity index (χ4v) is 4.42. The molecular weight excluding hydrogens is 447 g/mol. The molecule has 2 aromatic carbocycles. The minimum atomic E-state index is -0.501. The number of hydrogen-bond acceptors (Lipinski definition) is 6. The number of carbonyl (C=O) groups excluding carboxylic acids is 1. The molecule has 8 nitrogen and oxygen atoms in total. The molecule has 0 spiro atoms. The van der Waals surface area contributed by atoms with Crippen molar-refractivity contribution in [2.45, 2.75) is 32.7 Å². The van der Waals surface area contributed by atoms with E-state index in [1.165, 1.54) is 29.3 Å². The first-order valence-corrected chi connectivity index (χ1v) is 10.9. The van der Waals surface area contributed by atoms with Crippen LogP contribution in [0, 0.1) is 19.7 Å². The van der Waals surface area contributed by atoms with Gasteiger partial charge in [-0.2, -0.15) is 20.0 Å². The van der Waals surface area contributed by atoms with E-state index in [0.29, 0.717) is 41.0 Å². The molecule has 1 aliphatic rings. The fourth-order valence-electron chi connectivity index (χ4n) is 4.25. The van der Waals surface area contributed by atoms with Gasteiger partial charge in [0.15, 0.2) is 0 Å². The van der Waals surface area contributed by atoms with Crippen molar-refractivity contribution in [1.29, 1.82) is 0 Å². The first-order valence-electron chi connectivity index (χ1n) is 10.5. The number of aryl methyl sites for hydroxylation is 1. The minimum Gasteiger partial charge on any atom is -0.337 e. The number of halogens is 2. The summed E-state index contributed by atoms with van der Waals surface area (Å²) >= 11 is 6.23. The van der Waals surface area contributed by atoms with Gasteiger partial charge >= 0.3 is 0 Å². The molecule has 0 radical (unpaired) electrons. The maximum absolute atomic E-state index is 14.3. The normalized spacial score (nSPS) is 15.9. The van der Waals surface area contributed by atoms with Crippen LogP contribution in [0.4, 0.5) is 4.39 Å². The Bertz CT molecular complexity index is 1340. The Morgan fingerprint density at radius 2 is 2.00 bits per heavy atom. The fraction of sp³-hybridized carbons (Fsp3) is 0.261. The second-order valence-electron chi connectivity index (χ2n) is 7.96. The second kappa shape index (κ2) is 8.40. The van der Waals surface area contributed by atoms with Gasteiger partial charge in [0, 0.05) is 17.1 Å². The van der Waals surface area contributed by atoms with Crippen molar-refractivity contribution in [1.82, 2.24) is 30.0 Å². The van der Waals surface area contributed by atoms with Crippen molar-refractivity contribution in [3.8, 4) is 17.1 Å². The lowest BCUT2D eigenvalue weighted by atomic mass is 10.1. The van der Waals surface area contributed by atoms with Crippen molar-refractivity contribution >= 4 is 17.5 Å². The molecule has 3 heterocycles. The van der Waals surface area contributed by atoms with Crippen LogP contribution in [0.2, 0.25) is 5.02 Å². The molecule has 1 fully saturated rings. The lowest BCUT2D eigenvalue weighted by Crippen LogP contribution is -2.32. The molecule has 10 heteroatoms. The highest BCUT2D eigenvalue weighted by atomic mass is 35.5. The third-order valence-electron chi connectivity index (χ3n) is 5.86. The summed E-state index contributed by atoms with van der Waals surface area (Å²) in [5.41, 5.74) is 2.79. The molecule has 4 aromatic rings. The number of likely N-dealkylation sites (tertiary alicyclic amines) is 1. The first kappa shape index (κ1) is 21.3. The largest absolute Gasteiger partial charge is 0.337 e. The van der Waals surface area contributed by atoms with Gasteiger partial charge in [0.1, 0.15) is 17.5 Å². The van der Waals surface area contributed by atoms with Crippen molar-refractivity contribution < 1.29 is 13.7 Å². The van der Waals surface area contributed by atoms with Crippen LogP contribution < -0.4 is 0 Å². The molecule has 168 valence electrons. The average molecular weight is 467 g/mol. The maximum Gasteiger partial charge on any atom is 0.256 e. The predicted octanol–water partition coefficient (Wildman–Crippen LogP) is 4.70. The zero-order valence-electron chi connectivity index (χ0n) is 18.0. The van der Waals surface area contributed by atoms with Crippen LogP contribution in [0.15, 0.2) is 47.2 Å². The smallest absolute Gasteiger partial charge is 0.256 e. The molecule has 1 saturated heterocycles. The minimum absolute atomic E-state index is 0.182. The predicted molar refractivity (Wildman–Crippen MR) is 119 cm³/mol. The van der Waals surface area contributed by atoms with Gasteiger partial charge in [-0.1, -0.05) is 28.9 Å². The van der Waals surface area contributed by atoms with Gasteiger partial charge < -0.3 is 9.42 Å². The molecule has 33 heavy (non-hydrogen) atoms. The Kier molecular flexibility index (Phi) is 5.41. The standard InChI is InChI=1S/C23H20ClFN6O2/c1-13-11-15(25)12-17(20(13)31-26-8-9-27-31)23(32)30-10-4-7-19(30)22-28-21(29-33-22)16-5-3-6-18(24)14(16)2/h3,5-6,8-9,11-12,19H,4,7,10H2,1-2H3. The number of rotatable bonds is 4. The molecular formula is C23H20ClFN6O2. The topological polar surface area (TPSA) is 89.9 Å². The van der Waals surface area contributed by atoms with Crippen molar-refractivity contribution in [3.63, 3.8) is 0 Å². The van der Waals surface area contributed by atoms with Gasteiger partial charge in [-0.15, -0.1) is 0 Å². The van der Waals surface area contributed by atoms with Gasteiger partial charge in [-0.25, -0.2) is 4.39 Å². The van der Waals surface area contributed by atoms with Crippen LogP contribution in [-0.4, -0.2) is 42.5 Å². The Morgan fingerprint density at radius 1 is 1.21 bits per heavy atom. The second-order valence-corrected chi connectivity index (χ2v) is 8.37. The van der Waals surface area contributed by atoms with Gasteiger partial charge in [0.05, 0.1) is 18.0 Å². The van der Waals surface area contributed by atoms with E-state index in [2.05, 4.69) is 20.3 Å². The van der Waals surface area contributed by atoms with E-state index in [1.807, 2.05) is 19.1 Å². The molecule has 0 N–H and O–H groups in total. The molecule has 0 aliphatic carbocycles. The summed E-state index contributed by atoms with van der Waals surface area (Å²) in [6.45, 7) is 4.09. The van der Waals surface area contributed by atoms with Gasteiger partial charge in [0.2, 0.25) is 11.7 Å². The molecule has 1 atom stereocenters. The van der Waals surface area contributed by atoms with E-state index in [1.54, 1.807) is 17.9 Å². The van der Waals surface area contributed by atoms with Crippen LogP contribution in [0.3, 0.4) is 0 Å².